The minimum absolute atomic E-state index is 0.0705. The number of para-hydroxylation sites is 1. The lowest BCUT2D eigenvalue weighted by molar-refractivity contribution is 0.0730. The Balaban J connectivity index is 1.64. The molecule has 0 aliphatic carbocycles. The summed E-state index contributed by atoms with van der Waals surface area (Å²) in [4.78, 5) is 28.3. The fourth-order valence-corrected chi connectivity index (χ4v) is 4.08. The Labute approximate surface area is 172 Å². The molecule has 0 spiro atoms. The van der Waals surface area contributed by atoms with Crippen LogP contribution in [0.5, 0.6) is 0 Å². The van der Waals surface area contributed by atoms with Crippen molar-refractivity contribution in [2.24, 2.45) is 0 Å². The fourth-order valence-electron chi connectivity index (χ4n) is 4.08. The summed E-state index contributed by atoms with van der Waals surface area (Å²) < 4.78 is 19.4. The predicted molar refractivity (Wildman–Crippen MR) is 112 cm³/mol. The molecule has 0 radical (unpaired) electrons. The zero-order valence-corrected chi connectivity index (χ0v) is 16.0. The Kier molecular flexibility index (Phi) is 4.43. The summed E-state index contributed by atoms with van der Waals surface area (Å²) in [5.74, 6) is -0.621. The molecule has 1 atom stereocenters. The number of rotatable bonds is 4. The molecule has 0 unspecified atom stereocenters. The number of fused-ring (bicyclic) bond motifs is 2. The molecular weight excluding hydrogens is 381 g/mol. The molecule has 1 amide bonds. The average Bonchev–Trinajstić information content (AvgIpc) is 3.06. The highest BCUT2D eigenvalue weighted by Crippen LogP contribution is 2.38. The van der Waals surface area contributed by atoms with Crippen LogP contribution in [0.15, 0.2) is 88.1 Å². The summed E-state index contributed by atoms with van der Waals surface area (Å²) in [5, 5.41) is 0.432. The normalized spacial score (nSPS) is 15.6. The first kappa shape index (κ1) is 18.3. The Bertz CT molecular complexity index is 1300. The summed E-state index contributed by atoms with van der Waals surface area (Å²) in [6, 6.07) is 22.1. The molecule has 5 rings (SSSR count). The van der Waals surface area contributed by atoms with Gasteiger partial charge in [0.25, 0.3) is 5.91 Å². The molecule has 1 aliphatic heterocycles. The molecule has 3 aromatic carbocycles. The highest BCUT2D eigenvalue weighted by atomic mass is 19.1. The van der Waals surface area contributed by atoms with E-state index in [1.165, 1.54) is 12.1 Å². The van der Waals surface area contributed by atoms with Gasteiger partial charge in [-0.25, -0.2) is 4.39 Å². The molecule has 0 N–H and O–H groups in total. The van der Waals surface area contributed by atoms with Gasteiger partial charge in [0.2, 0.25) is 5.76 Å². The van der Waals surface area contributed by atoms with Gasteiger partial charge in [-0.1, -0.05) is 54.6 Å². The topological polar surface area (TPSA) is 50.5 Å². The Hall–Kier alpha value is -3.73. The second kappa shape index (κ2) is 7.26. The van der Waals surface area contributed by atoms with Crippen molar-refractivity contribution in [2.75, 3.05) is 6.54 Å². The second-order valence-corrected chi connectivity index (χ2v) is 7.36. The number of amides is 1. The lowest BCUT2D eigenvalue weighted by atomic mass is 9.98. The quantitative estimate of drug-likeness (QED) is 0.499. The second-order valence-electron chi connectivity index (χ2n) is 7.36. The maximum absolute atomic E-state index is 13.5. The zero-order chi connectivity index (χ0) is 20.7. The van der Waals surface area contributed by atoms with E-state index in [-0.39, 0.29) is 22.9 Å². The van der Waals surface area contributed by atoms with Gasteiger partial charge in [0.1, 0.15) is 11.4 Å². The minimum atomic E-state index is -0.613. The highest BCUT2D eigenvalue weighted by molar-refractivity contribution is 5.99. The van der Waals surface area contributed by atoms with Gasteiger partial charge in [-0.3, -0.25) is 9.59 Å². The lowest BCUT2D eigenvalue weighted by Gasteiger charge is -2.25. The van der Waals surface area contributed by atoms with Gasteiger partial charge in [0.15, 0.2) is 5.43 Å². The van der Waals surface area contributed by atoms with Gasteiger partial charge in [-0.05, 0) is 41.8 Å². The number of hydrogen-bond acceptors (Lipinski definition) is 3. The van der Waals surface area contributed by atoms with E-state index in [1.54, 1.807) is 41.3 Å². The van der Waals surface area contributed by atoms with Crippen molar-refractivity contribution in [3.05, 3.63) is 117 Å². The minimum Gasteiger partial charge on any atom is -0.450 e. The molecule has 148 valence electrons. The first-order valence-corrected chi connectivity index (χ1v) is 9.79. The van der Waals surface area contributed by atoms with Crippen molar-refractivity contribution >= 4 is 16.9 Å². The summed E-state index contributed by atoms with van der Waals surface area (Å²) in [6.45, 7) is 0.408. The summed E-state index contributed by atoms with van der Waals surface area (Å²) >= 11 is 0. The third-order valence-electron chi connectivity index (χ3n) is 5.54. The molecule has 30 heavy (non-hydrogen) atoms. The van der Waals surface area contributed by atoms with Crippen LogP contribution in [-0.2, 0) is 6.42 Å². The molecule has 4 nitrogen and oxygen atoms in total. The average molecular weight is 399 g/mol. The Morgan fingerprint density at radius 2 is 1.57 bits per heavy atom. The van der Waals surface area contributed by atoms with Crippen molar-refractivity contribution in [3.63, 3.8) is 0 Å². The number of benzene rings is 3. The molecule has 0 fully saturated rings. The van der Waals surface area contributed by atoms with E-state index in [0.717, 1.165) is 5.56 Å². The smallest absolute Gasteiger partial charge is 0.290 e. The van der Waals surface area contributed by atoms with E-state index in [2.05, 4.69) is 0 Å². The number of carbonyl (C=O) groups excluding carboxylic acids is 1. The zero-order valence-electron chi connectivity index (χ0n) is 16.0. The van der Waals surface area contributed by atoms with Crippen LogP contribution in [-0.4, -0.2) is 17.4 Å². The van der Waals surface area contributed by atoms with Gasteiger partial charge < -0.3 is 9.32 Å². The molecule has 5 heteroatoms. The van der Waals surface area contributed by atoms with Crippen molar-refractivity contribution in [1.82, 2.24) is 4.90 Å². The highest BCUT2D eigenvalue weighted by Gasteiger charge is 2.42. The third-order valence-corrected chi connectivity index (χ3v) is 5.54. The van der Waals surface area contributed by atoms with Gasteiger partial charge in [0, 0.05) is 6.54 Å². The van der Waals surface area contributed by atoms with Crippen LogP contribution < -0.4 is 5.43 Å². The lowest BCUT2D eigenvalue weighted by Crippen LogP contribution is -2.31. The summed E-state index contributed by atoms with van der Waals surface area (Å²) in [5.41, 5.74) is 2.25. The van der Waals surface area contributed by atoms with Crippen LogP contribution in [0, 0.1) is 5.82 Å². The van der Waals surface area contributed by atoms with E-state index >= 15 is 0 Å². The largest absolute Gasteiger partial charge is 0.450 e. The first-order valence-electron chi connectivity index (χ1n) is 9.79. The third kappa shape index (κ3) is 2.99. The van der Waals surface area contributed by atoms with E-state index in [9.17, 15) is 14.0 Å². The number of halogens is 1. The molecule has 0 saturated heterocycles. The molecular formula is C25H18FNO3. The van der Waals surface area contributed by atoms with E-state index in [0.29, 0.717) is 35.1 Å². The van der Waals surface area contributed by atoms with Gasteiger partial charge in [0.05, 0.1) is 17.0 Å². The SMILES string of the molecule is O=C1c2oc3ccccc3c(=O)c2[C@H](c2ccc(F)cc2)N1CCc1ccccc1. The Morgan fingerprint density at radius 3 is 2.33 bits per heavy atom. The van der Waals surface area contributed by atoms with Gasteiger partial charge in [-0.15, -0.1) is 0 Å². The molecule has 1 aliphatic rings. The van der Waals surface area contributed by atoms with E-state index < -0.39 is 6.04 Å². The standard InChI is InChI=1S/C25H18FNO3/c26-18-12-10-17(11-13-18)22-21-23(28)19-8-4-5-9-20(19)30-24(21)25(29)27(22)15-14-16-6-2-1-3-7-16/h1-13,22H,14-15H2/t22-/m0/s1. The fraction of sp³-hybridized carbons (Fsp3) is 0.120. The van der Waals surface area contributed by atoms with E-state index in [1.807, 2.05) is 30.3 Å². The van der Waals surface area contributed by atoms with Crippen molar-refractivity contribution < 1.29 is 13.6 Å². The van der Waals surface area contributed by atoms with Crippen LogP contribution in [0.3, 0.4) is 0 Å². The number of carbonyl (C=O) groups is 1. The maximum Gasteiger partial charge on any atom is 0.290 e. The summed E-state index contributed by atoms with van der Waals surface area (Å²) in [6.07, 6.45) is 0.631. The predicted octanol–water partition coefficient (Wildman–Crippen LogP) is 4.72. The maximum atomic E-state index is 13.5. The Morgan fingerprint density at radius 1 is 0.867 bits per heavy atom. The molecule has 2 heterocycles. The van der Waals surface area contributed by atoms with Crippen LogP contribution in [0.4, 0.5) is 4.39 Å². The van der Waals surface area contributed by atoms with Crippen molar-refractivity contribution in [3.8, 4) is 0 Å². The van der Waals surface area contributed by atoms with Gasteiger partial charge >= 0.3 is 0 Å². The molecule has 0 saturated carbocycles. The van der Waals surface area contributed by atoms with Crippen LogP contribution >= 0.6 is 0 Å². The van der Waals surface area contributed by atoms with E-state index in [4.69, 9.17) is 4.42 Å². The molecule has 4 aromatic rings. The van der Waals surface area contributed by atoms with Crippen molar-refractivity contribution in [1.29, 1.82) is 0 Å². The van der Waals surface area contributed by atoms with Crippen LogP contribution in [0.1, 0.15) is 33.3 Å². The molecule has 1 aromatic heterocycles. The number of nitrogens with zero attached hydrogens (tertiary/aromatic N) is 1. The number of hydrogen-bond donors (Lipinski definition) is 0. The first-order chi connectivity index (χ1) is 14.6. The molecule has 0 bridgehead atoms. The van der Waals surface area contributed by atoms with Crippen LogP contribution in [0.25, 0.3) is 11.0 Å². The van der Waals surface area contributed by atoms with Gasteiger partial charge in [-0.2, -0.15) is 0 Å². The summed E-state index contributed by atoms with van der Waals surface area (Å²) in [7, 11) is 0. The monoisotopic (exact) mass is 399 g/mol. The van der Waals surface area contributed by atoms with Crippen LogP contribution in [0.2, 0.25) is 0 Å². The van der Waals surface area contributed by atoms with Crippen molar-refractivity contribution in [2.45, 2.75) is 12.5 Å².